The minimum atomic E-state index is -1.20. The third-order valence-corrected chi connectivity index (χ3v) is 9.47. The number of halogens is 2. The molecule has 3 unspecified atom stereocenters. The van der Waals surface area contributed by atoms with E-state index >= 15 is 0 Å². The Morgan fingerprint density at radius 2 is 2.07 bits per heavy atom. The highest BCUT2D eigenvalue weighted by Crippen LogP contribution is 2.43. The first-order chi connectivity index (χ1) is 21.1. The molecule has 12 heteroatoms. The average Bonchev–Trinajstić information content (AvgIpc) is 3.57. The third-order valence-electron chi connectivity index (χ3n) is 9.47. The second-order valence-electron chi connectivity index (χ2n) is 12.8. The van der Waals surface area contributed by atoms with Gasteiger partial charge < -0.3 is 29.5 Å². The maximum absolute atomic E-state index is 15.0. The first-order valence-electron chi connectivity index (χ1n) is 15.3. The molecule has 0 bridgehead atoms. The predicted molar refractivity (Wildman–Crippen MR) is 160 cm³/mol. The van der Waals surface area contributed by atoms with Gasteiger partial charge >= 0.3 is 6.01 Å². The highest BCUT2D eigenvalue weighted by molar-refractivity contribution is 6.16. The molecule has 10 nitrogen and oxygen atoms in total. The number of nitrogens with zero attached hydrogens (tertiary/aromatic N) is 5. The molecule has 7 rings (SSSR count). The Balaban J connectivity index is 1.31. The number of aromatic hydroxyl groups is 1. The van der Waals surface area contributed by atoms with Crippen molar-refractivity contribution in [3.05, 3.63) is 46.9 Å². The number of aromatic nitrogens is 2. The van der Waals surface area contributed by atoms with E-state index in [1.165, 1.54) is 17.0 Å². The number of aliphatic hydroxyl groups is 1. The second-order valence-corrected chi connectivity index (χ2v) is 12.8. The maximum atomic E-state index is 15.0. The van der Waals surface area contributed by atoms with E-state index < -0.39 is 23.2 Å². The van der Waals surface area contributed by atoms with Gasteiger partial charge in [-0.25, -0.2) is 8.78 Å². The van der Waals surface area contributed by atoms with E-state index in [4.69, 9.17) is 14.5 Å². The van der Waals surface area contributed by atoms with Crippen LogP contribution in [0.4, 0.5) is 20.3 Å². The fourth-order valence-corrected chi connectivity index (χ4v) is 7.52. The van der Waals surface area contributed by atoms with Gasteiger partial charge in [0.15, 0.2) is 0 Å². The van der Waals surface area contributed by atoms with Crippen molar-refractivity contribution in [2.45, 2.75) is 63.4 Å². The molecule has 3 saturated heterocycles. The largest absolute Gasteiger partial charge is 0.508 e. The number of hydrogen-bond donors (Lipinski definition) is 2. The van der Waals surface area contributed by atoms with Gasteiger partial charge in [-0.05, 0) is 55.8 Å². The minimum absolute atomic E-state index is 0.0445. The molecule has 5 heterocycles. The summed E-state index contributed by atoms with van der Waals surface area (Å²) in [5.41, 5.74) is -0.118. The van der Waals surface area contributed by atoms with Crippen molar-refractivity contribution in [1.82, 2.24) is 14.9 Å². The average molecular weight is 610 g/mol. The summed E-state index contributed by atoms with van der Waals surface area (Å²) in [5.74, 6) is -0.530. The van der Waals surface area contributed by atoms with Crippen LogP contribution >= 0.6 is 0 Å². The smallest absolute Gasteiger partial charge is 0.318 e. The minimum Gasteiger partial charge on any atom is -0.508 e. The van der Waals surface area contributed by atoms with Crippen molar-refractivity contribution in [1.29, 1.82) is 0 Å². The lowest BCUT2D eigenvalue weighted by Crippen LogP contribution is -2.44. The van der Waals surface area contributed by atoms with Crippen molar-refractivity contribution in [3.8, 4) is 11.8 Å². The van der Waals surface area contributed by atoms with Crippen LogP contribution in [0.15, 0.2) is 24.3 Å². The summed E-state index contributed by atoms with van der Waals surface area (Å²) >= 11 is 0. The van der Waals surface area contributed by atoms with Gasteiger partial charge in [0.25, 0.3) is 5.91 Å². The normalized spacial score (nSPS) is 27.2. The Labute approximate surface area is 254 Å². The Morgan fingerprint density at radius 1 is 1.23 bits per heavy atom. The van der Waals surface area contributed by atoms with Crippen molar-refractivity contribution in [2.75, 3.05) is 55.8 Å². The SMILES string of the molecule is CCc1c(F)ccc2cc(O)cc(N3Cc4nc(OCC56CCCN5CC(F)C6)nc(N5CCOCC(C)(O)C5)c4C3=O)c12. The fraction of sp³-hybridized carbons (Fsp3) is 0.531. The van der Waals surface area contributed by atoms with Gasteiger partial charge in [-0.1, -0.05) is 13.0 Å². The van der Waals surface area contributed by atoms with Gasteiger partial charge in [0.05, 0.1) is 43.2 Å². The van der Waals surface area contributed by atoms with E-state index in [-0.39, 0.29) is 49.4 Å². The lowest BCUT2D eigenvalue weighted by atomic mass is 9.95. The number of amides is 1. The standard InChI is InChI=1S/C32H37F2N5O5/c1-3-22-23(34)6-5-19-11-21(40)12-25(26(19)22)39-15-24-27(29(39)41)28(37-9-10-43-17-31(2,42)16-37)36-30(35-24)44-18-32-7-4-8-38(32)14-20(33)13-32/h5-6,11-12,20,40,42H,3-4,7-10,13-18H2,1-2H3. The van der Waals surface area contributed by atoms with Crippen molar-refractivity contribution < 1.29 is 33.3 Å². The highest BCUT2D eigenvalue weighted by Gasteiger charge is 2.49. The van der Waals surface area contributed by atoms with Crippen LogP contribution in [0.2, 0.25) is 0 Å². The number of phenols is 1. The van der Waals surface area contributed by atoms with E-state index in [9.17, 15) is 23.8 Å². The molecule has 3 atom stereocenters. The lowest BCUT2D eigenvalue weighted by Gasteiger charge is -2.31. The number of fused-ring (bicyclic) bond motifs is 3. The molecular weight excluding hydrogens is 572 g/mol. The van der Waals surface area contributed by atoms with Gasteiger partial charge in [0, 0.05) is 31.0 Å². The van der Waals surface area contributed by atoms with Crippen molar-refractivity contribution in [3.63, 3.8) is 0 Å². The fourth-order valence-electron chi connectivity index (χ4n) is 7.52. The number of ether oxygens (including phenoxy) is 2. The molecule has 2 N–H and O–H groups in total. The number of hydrogen-bond acceptors (Lipinski definition) is 9. The number of aryl methyl sites for hydroxylation is 1. The second kappa shape index (κ2) is 10.8. The molecule has 0 spiro atoms. The Morgan fingerprint density at radius 3 is 2.89 bits per heavy atom. The van der Waals surface area contributed by atoms with Gasteiger partial charge in [0.2, 0.25) is 0 Å². The molecule has 4 aliphatic rings. The molecule has 1 aromatic heterocycles. The number of anilines is 2. The van der Waals surface area contributed by atoms with E-state index in [1.807, 2.05) is 11.8 Å². The van der Waals surface area contributed by atoms with Crippen LogP contribution in [-0.2, 0) is 17.7 Å². The van der Waals surface area contributed by atoms with Gasteiger partial charge in [0.1, 0.15) is 41.3 Å². The molecular formula is C32H37F2N5O5. The number of carbonyl (C=O) groups is 1. The summed E-state index contributed by atoms with van der Waals surface area (Å²) in [6.45, 7) is 5.96. The summed E-state index contributed by atoms with van der Waals surface area (Å²) in [7, 11) is 0. The molecule has 2 aromatic carbocycles. The van der Waals surface area contributed by atoms with E-state index in [2.05, 4.69) is 9.88 Å². The zero-order chi connectivity index (χ0) is 30.8. The van der Waals surface area contributed by atoms with Crippen LogP contribution in [-0.4, -0.2) is 94.3 Å². The predicted octanol–water partition coefficient (Wildman–Crippen LogP) is 3.74. The van der Waals surface area contributed by atoms with E-state index in [0.29, 0.717) is 66.1 Å². The Kier molecular flexibility index (Phi) is 7.13. The monoisotopic (exact) mass is 609 g/mol. The number of phenolic OH excluding ortho intramolecular Hbond substituents is 1. The Bertz CT molecular complexity index is 1640. The molecule has 3 fully saturated rings. The number of rotatable bonds is 6. The molecule has 4 aliphatic heterocycles. The quantitative estimate of drug-likeness (QED) is 0.432. The van der Waals surface area contributed by atoms with E-state index in [0.717, 1.165) is 19.4 Å². The molecule has 234 valence electrons. The molecule has 0 radical (unpaired) electrons. The van der Waals surface area contributed by atoms with E-state index in [1.54, 1.807) is 19.1 Å². The van der Waals surface area contributed by atoms with Crippen LogP contribution in [0.5, 0.6) is 11.8 Å². The number of alkyl halides is 1. The van der Waals surface area contributed by atoms with Crippen LogP contribution < -0.4 is 14.5 Å². The van der Waals surface area contributed by atoms with Crippen LogP contribution in [0.25, 0.3) is 10.8 Å². The molecule has 44 heavy (non-hydrogen) atoms. The molecule has 1 amide bonds. The molecule has 3 aromatic rings. The summed E-state index contributed by atoms with van der Waals surface area (Å²) in [6, 6.07) is 6.06. The van der Waals surface area contributed by atoms with Crippen molar-refractivity contribution >= 4 is 28.2 Å². The summed E-state index contributed by atoms with van der Waals surface area (Å²) < 4.78 is 41.3. The first-order valence-corrected chi connectivity index (χ1v) is 15.3. The molecule has 0 aliphatic carbocycles. The Hall–Kier alpha value is -3.61. The van der Waals surface area contributed by atoms with Crippen LogP contribution in [0.1, 0.15) is 54.7 Å². The van der Waals surface area contributed by atoms with Gasteiger partial charge in [-0.15, -0.1) is 0 Å². The number of carbonyl (C=O) groups excluding carboxylic acids is 1. The summed E-state index contributed by atoms with van der Waals surface area (Å²) in [6.07, 6.45) is 1.67. The first kappa shape index (κ1) is 29.1. The van der Waals surface area contributed by atoms with Gasteiger partial charge in [-0.2, -0.15) is 9.97 Å². The summed E-state index contributed by atoms with van der Waals surface area (Å²) in [4.78, 5) is 29.1. The maximum Gasteiger partial charge on any atom is 0.318 e. The molecule has 0 saturated carbocycles. The number of benzene rings is 2. The summed E-state index contributed by atoms with van der Waals surface area (Å²) in [5, 5.41) is 22.7. The highest BCUT2D eigenvalue weighted by atomic mass is 19.1. The van der Waals surface area contributed by atoms with Crippen LogP contribution in [0, 0.1) is 5.82 Å². The topological polar surface area (TPSA) is 111 Å². The van der Waals surface area contributed by atoms with Crippen LogP contribution in [0.3, 0.4) is 0 Å². The lowest BCUT2D eigenvalue weighted by molar-refractivity contribution is -0.0123. The number of β-amino-alcohol motifs (C(OH)–C–C–N with tert-alkyl or cyclic N) is 1. The van der Waals surface area contributed by atoms with Crippen molar-refractivity contribution in [2.24, 2.45) is 0 Å². The zero-order valence-electron chi connectivity index (χ0n) is 25.0. The van der Waals surface area contributed by atoms with Gasteiger partial charge in [-0.3, -0.25) is 9.69 Å². The zero-order valence-corrected chi connectivity index (χ0v) is 25.0. The third kappa shape index (κ3) is 4.93.